The van der Waals surface area contributed by atoms with Crippen molar-refractivity contribution in [1.29, 1.82) is 0 Å². The normalized spacial score (nSPS) is 22.3. The first-order chi connectivity index (χ1) is 20.7. The molecule has 0 spiro atoms. The number of benzene rings is 1. The van der Waals surface area contributed by atoms with E-state index in [2.05, 4.69) is 95.8 Å². The summed E-state index contributed by atoms with van der Waals surface area (Å²) in [5.74, 6) is -1.00. The van der Waals surface area contributed by atoms with Crippen LogP contribution in [0.3, 0.4) is 0 Å². The Bertz CT molecular complexity index is 1090. The third-order valence-electron chi connectivity index (χ3n) is 10.4. The van der Waals surface area contributed by atoms with E-state index in [4.69, 9.17) is 13.6 Å². The van der Waals surface area contributed by atoms with E-state index in [1.54, 1.807) is 0 Å². The molecule has 1 aliphatic rings. The predicted molar refractivity (Wildman–Crippen MR) is 192 cm³/mol. The maximum absolute atomic E-state index is 14.0. The van der Waals surface area contributed by atoms with Gasteiger partial charge >= 0.3 is 5.97 Å². The van der Waals surface area contributed by atoms with Crippen LogP contribution in [0.2, 0.25) is 36.3 Å². The van der Waals surface area contributed by atoms with Gasteiger partial charge in [0.1, 0.15) is 17.7 Å². The second kappa shape index (κ2) is 17.0. The summed E-state index contributed by atoms with van der Waals surface area (Å²) in [6, 6.07) is 3.77. The van der Waals surface area contributed by atoms with Gasteiger partial charge in [0.05, 0.1) is 6.10 Å². The van der Waals surface area contributed by atoms with Gasteiger partial charge in [-0.1, -0.05) is 69.6 Å². The van der Waals surface area contributed by atoms with Gasteiger partial charge < -0.3 is 13.6 Å². The second-order valence-electron chi connectivity index (χ2n) is 16.1. The molecule has 9 heteroatoms. The van der Waals surface area contributed by atoms with Crippen molar-refractivity contribution >= 4 is 38.5 Å². The lowest BCUT2D eigenvalue weighted by molar-refractivity contribution is -0.148. The summed E-state index contributed by atoms with van der Waals surface area (Å²) in [6.07, 6.45) is 10.8. The van der Waals surface area contributed by atoms with Crippen molar-refractivity contribution in [3.63, 3.8) is 0 Å². The van der Waals surface area contributed by atoms with Crippen molar-refractivity contribution in [2.75, 3.05) is 5.33 Å². The molecule has 0 saturated heterocycles. The highest BCUT2D eigenvalue weighted by molar-refractivity contribution is 9.09. The van der Waals surface area contributed by atoms with Crippen LogP contribution >= 0.6 is 15.9 Å². The topological polar surface area (TPSA) is 44.8 Å². The third-order valence-corrected chi connectivity index (χ3v) is 20.0. The number of hydrogen-bond donors (Lipinski definition) is 0. The van der Waals surface area contributed by atoms with Gasteiger partial charge in [0.2, 0.25) is 0 Å². The van der Waals surface area contributed by atoms with Crippen molar-refractivity contribution < 1.29 is 27.2 Å². The third kappa shape index (κ3) is 12.6. The summed E-state index contributed by atoms with van der Waals surface area (Å²) in [5, 5.41) is 1.05. The maximum atomic E-state index is 14.0. The first kappa shape index (κ1) is 40.3. The Kier molecular flexibility index (Phi) is 15.2. The second-order valence-corrected chi connectivity index (χ2v) is 26.4. The molecular formula is C36H61BrF2O4Si2. The summed E-state index contributed by atoms with van der Waals surface area (Å²) in [5.41, 5.74) is 0.651. The molecule has 0 amide bonds. The SMILES string of the molecule is CC(=O)O[C@H]1C[C@@H](O[Si](C)(C)C(C)(C)C)C(CC[C@H](CCc2cc(F)cc(F)c2)O[Si](C)(C)C(C)(C)C)[C@H]1C/C=C\CCCBr. The van der Waals surface area contributed by atoms with Crippen molar-refractivity contribution in [3.8, 4) is 0 Å². The number of ether oxygens (including phenoxy) is 1. The Balaban J connectivity index is 2.41. The Hall–Kier alpha value is -0.876. The molecule has 0 radical (unpaired) electrons. The molecule has 258 valence electrons. The molecular weight excluding hydrogens is 670 g/mol. The zero-order chi connectivity index (χ0) is 34.2. The number of alkyl halides is 1. The number of allylic oxidation sites excluding steroid dienone is 2. The van der Waals surface area contributed by atoms with Crippen LogP contribution in [0, 0.1) is 23.5 Å². The highest BCUT2D eigenvalue weighted by Crippen LogP contribution is 2.47. The van der Waals surface area contributed by atoms with Crippen LogP contribution < -0.4 is 0 Å². The van der Waals surface area contributed by atoms with Crippen LogP contribution in [0.1, 0.15) is 99.0 Å². The van der Waals surface area contributed by atoms with Crippen molar-refractivity contribution in [2.45, 2.75) is 154 Å². The highest BCUT2D eigenvalue weighted by atomic mass is 79.9. The molecule has 1 aromatic carbocycles. The Labute approximate surface area is 283 Å². The zero-order valence-corrected chi connectivity index (χ0v) is 33.5. The first-order valence-electron chi connectivity index (χ1n) is 16.9. The molecule has 4 nitrogen and oxygen atoms in total. The van der Waals surface area contributed by atoms with Gasteiger partial charge in [0.25, 0.3) is 0 Å². The Morgan fingerprint density at radius 1 is 0.933 bits per heavy atom. The lowest BCUT2D eigenvalue weighted by Crippen LogP contribution is -2.45. The van der Waals surface area contributed by atoms with E-state index in [0.29, 0.717) is 24.8 Å². The van der Waals surface area contributed by atoms with Gasteiger partial charge in [0, 0.05) is 36.8 Å². The average Bonchev–Trinajstić information content (AvgIpc) is 3.17. The number of hydrogen-bond acceptors (Lipinski definition) is 4. The van der Waals surface area contributed by atoms with Crippen LogP contribution in [0.25, 0.3) is 0 Å². The number of esters is 1. The Morgan fingerprint density at radius 3 is 2.07 bits per heavy atom. The minimum absolute atomic E-state index is 0.0120. The largest absolute Gasteiger partial charge is 0.462 e. The number of aryl methyl sites for hydroxylation is 1. The summed E-state index contributed by atoms with van der Waals surface area (Å²) < 4.78 is 48.1. The predicted octanol–water partition coefficient (Wildman–Crippen LogP) is 11.1. The Morgan fingerprint density at radius 2 is 1.53 bits per heavy atom. The standard InChI is InChI=1S/C36H61BrF2O4Si2/c1-26(40)41-33-25-34(43-45(10,11)36(5,6)7)32(31(33)16-14-12-13-15-21-37)20-19-30(42-44(8,9)35(2,3)4)18-17-27-22-28(38)24-29(39)23-27/h12,14,22-24,30-34H,13,15-21,25H2,1-11H3/b14-12-/t30-,31+,32?,33-,34+/m0/s1. The fourth-order valence-electron chi connectivity index (χ4n) is 5.78. The van der Waals surface area contributed by atoms with E-state index in [0.717, 1.165) is 43.5 Å². The molecule has 45 heavy (non-hydrogen) atoms. The molecule has 0 heterocycles. The molecule has 0 aliphatic heterocycles. The van der Waals surface area contributed by atoms with Crippen LogP contribution in [0.15, 0.2) is 30.4 Å². The van der Waals surface area contributed by atoms with E-state index in [1.165, 1.54) is 19.1 Å². The number of carbonyl (C=O) groups excluding carboxylic acids is 1. The minimum Gasteiger partial charge on any atom is -0.462 e. The maximum Gasteiger partial charge on any atom is 0.302 e. The summed E-state index contributed by atoms with van der Waals surface area (Å²) >= 11 is 3.52. The molecule has 0 aromatic heterocycles. The van der Waals surface area contributed by atoms with Crippen LogP contribution in [-0.4, -0.2) is 46.2 Å². The molecule has 1 saturated carbocycles. The molecule has 1 unspecified atom stereocenters. The van der Waals surface area contributed by atoms with E-state index in [9.17, 15) is 13.6 Å². The van der Waals surface area contributed by atoms with Crippen LogP contribution in [0.4, 0.5) is 8.78 Å². The molecule has 1 aromatic rings. The van der Waals surface area contributed by atoms with Gasteiger partial charge in [-0.3, -0.25) is 4.79 Å². The van der Waals surface area contributed by atoms with Crippen LogP contribution in [-0.2, 0) is 24.8 Å². The molecule has 2 rings (SSSR count). The fraction of sp³-hybridized carbons (Fsp3) is 0.750. The molecule has 1 aliphatic carbocycles. The summed E-state index contributed by atoms with van der Waals surface area (Å²) in [4.78, 5) is 12.3. The van der Waals surface area contributed by atoms with E-state index in [1.807, 2.05) is 0 Å². The van der Waals surface area contributed by atoms with Gasteiger partial charge in [-0.15, -0.1) is 0 Å². The van der Waals surface area contributed by atoms with E-state index < -0.39 is 28.3 Å². The molecule has 0 bridgehead atoms. The fourth-order valence-corrected chi connectivity index (χ4v) is 8.91. The van der Waals surface area contributed by atoms with Crippen LogP contribution in [0.5, 0.6) is 0 Å². The number of rotatable bonds is 16. The summed E-state index contributed by atoms with van der Waals surface area (Å²) in [6.45, 7) is 24.1. The zero-order valence-electron chi connectivity index (χ0n) is 29.9. The van der Waals surface area contributed by atoms with Crippen molar-refractivity contribution in [3.05, 3.63) is 47.5 Å². The van der Waals surface area contributed by atoms with Gasteiger partial charge in [-0.25, -0.2) is 8.78 Å². The quantitative estimate of drug-likeness (QED) is 0.0558. The van der Waals surface area contributed by atoms with E-state index in [-0.39, 0.29) is 46.2 Å². The number of halogens is 3. The first-order valence-corrected chi connectivity index (χ1v) is 23.8. The molecule has 0 N–H and O–H groups in total. The monoisotopic (exact) mass is 730 g/mol. The van der Waals surface area contributed by atoms with Crippen molar-refractivity contribution in [2.24, 2.45) is 11.8 Å². The summed E-state index contributed by atoms with van der Waals surface area (Å²) in [7, 11) is -4.24. The average molecular weight is 732 g/mol. The molecule has 5 atom stereocenters. The lowest BCUT2D eigenvalue weighted by Gasteiger charge is -2.41. The smallest absolute Gasteiger partial charge is 0.302 e. The van der Waals surface area contributed by atoms with Gasteiger partial charge in [-0.05, 0) is 105 Å². The minimum atomic E-state index is -2.13. The molecule has 1 fully saturated rings. The van der Waals surface area contributed by atoms with Crippen molar-refractivity contribution in [1.82, 2.24) is 0 Å². The number of carbonyl (C=O) groups is 1. The van der Waals surface area contributed by atoms with E-state index >= 15 is 0 Å². The lowest BCUT2D eigenvalue weighted by atomic mass is 9.85. The highest BCUT2D eigenvalue weighted by Gasteiger charge is 2.49. The van der Waals surface area contributed by atoms with Gasteiger partial charge in [-0.2, -0.15) is 0 Å². The number of unbranched alkanes of at least 4 members (excludes halogenated alkanes) is 1. The van der Waals surface area contributed by atoms with Gasteiger partial charge in [0.15, 0.2) is 16.6 Å².